The first-order valence-corrected chi connectivity index (χ1v) is 10.7. The Hall–Kier alpha value is -2.97. The first kappa shape index (κ1) is 20.8. The molecule has 1 aromatic heterocycles. The van der Waals surface area contributed by atoms with Crippen LogP contribution in [0.2, 0.25) is 0 Å². The van der Waals surface area contributed by atoms with E-state index in [0.29, 0.717) is 18.5 Å². The Kier molecular flexibility index (Phi) is 6.14. The van der Waals surface area contributed by atoms with Crippen molar-refractivity contribution in [3.05, 3.63) is 71.5 Å². The number of aryl methyl sites for hydroxylation is 1. The maximum Gasteiger partial charge on any atom is 0.240 e. The van der Waals surface area contributed by atoms with Crippen molar-refractivity contribution in [2.75, 3.05) is 12.4 Å². The van der Waals surface area contributed by atoms with Gasteiger partial charge in [0.1, 0.15) is 0 Å². The zero-order valence-corrected chi connectivity index (χ0v) is 17.5. The van der Waals surface area contributed by atoms with Gasteiger partial charge in [-0.2, -0.15) is 5.10 Å². The Balaban J connectivity index is 1.65. The molecule has 0 saturated heterocycles. The van der Waals surface area contributed by atoms with Gasteiger partial charge in [-0.3, -0.25) is 4.79 Å². The van der Waals surface area contributed by atoms with Crippen LogP contribution in [0.4, 0.5) is 5.69 Å². The third-order valence-corrected chi connectivity index (χ3v) is 6.19. The van der Waals surface area contributed by atoms with Crippen molar-refractivity contribution >= 4 is 21.6 Å². The predicted molar refractivity (Wildman–Crippen MR) is 113 cm³/mol. The molecule has 0 bridgehead atoms. The molecule has 2 aromatic carbocycles. The molecule has 0 radical (unpaired) electrons. The van der Waals surface area contributed by atoms with Gasteiger partial charge in [-0.25, -0.2) is 17.8 Å². The van der Waals surface area contributed by atoms with Crippen molar-refractivity contribution in [1.29, 1.82) is 0 Å². The van der Waals surface area contributed by atoms with Gasteiger partial charge in [-0.05, 0) is 69.3 Å². The first-order valence-electron chi connectivity index (χ1n) is 9.26. The van der Waals surface area contributed by atoms with Crippen molar-refractivity contribution in [3.8, 4) is 5.69 Å². The number of hydrogen-bond donors (Lipinski definition) is 2. The fourth-order valence-electron chi connectivity index (χ4n) is 3.15. The van der Waals surface area contributed by atoms with Crippen molar-refractivity contribution in [2.24, 2.45) is 0 Å². The molecule has 0 aliphatic carbocycles. The summed E-state index contributed by atoms with van der Waals surface area (Å²) in [6, 6.07) is 15.9. The van der Waals surface area contributed by atoms with E-state index in [1.165, 1.54) is 19.2 Å². The van der Waals surface area contributed by atoms with E-state index in [1.807, 2.05) is 48.9 Å². The van der Waals surface area contributed by atoms with E-state index in [9.17, 15) is 13.2 Å². The molecule has 0 atom stereocenters. The Morgan fingerprint density at radius 2 is 1.69 bits per heavy atom. The predicted octanol–water partition coefficient (Wildman–Crippen LogP) is 2.97. The zero-order valence-electron chi connectivity index (χ0n) is 16.6. The second kappa shape index (κ2) is 8.59. The minimum atomic E-state index is -3.49. The van der Waals surface area contributed by atoms with E-state index in [-0.39, 0.29) is 10.8 Å². The van der Waals surface area contributed by atoms with Crippen LogP contribution in [0, 0.1) is 13.8 Å². The Bertz CT molecular complexity index is 1100. The smallest absolute Gasteiger partial charge is 0.240 e. The number of carbonyl (C=O) groups excluding carboxylic acids is 1. The van der Waals surface area contributed by atoms with Crippen molar-refractivity contribution in [3.63, 3.8) is 0 Å². The van der Waals surface area contributed by atoms with Gasteiger partial charge in [0.2, 0.25) is 15.9 Å². The van der Waals surface area contributed by atoms with Crippen LogP contribution in [0.5, 0.6) is 0 Å². The molecule has 0 aliphatic rings. The third kappa shape index (κ3) is 4.72. The molecule has 0 saturated carbocycles. The fourth-order valence-corrected chi connectivity index (χ4v) is 3.88. The van der Waals surface area contributed by atoms with E-state index in [2.05, 4.69) is 15.1 Å². The highest BCUT2D eigenvalue weighted by Crippen LogP contribution is 2.20. The number of hydrogen-bond acceptors (Lipinski definition) is 4. The summed E-state index contributed by atoms with van der Waals surface area (Å²) >= 11 is 0. The number of amides is 1. The number of aromatic nitrogens is 2. The molecule has 0 fully saturated rings. The second-order valence-electron chi connectivity index (χ2n) is 6.68. The number of sulfonamides is 1. The van der Waals surface area contributed by atoms with Gasteiger partial charge < -0.3 is 5.32 Å². The monoisotopic (exact) mass is 412 g/mol. The summed E-state index contributed by atoms with van der Waals surface area (Å²) in [5, 5.41) is 7.41. The molecule has 1 amide bonds. The molecule has 8 heteroatoms. The normalized spacial score (nSPS) is 11.4. The van der Waals surface area contributed by atoms with Gasteiger partial charge in [-0.1, -0.05) is 18.2 Å². The summed E-state index contributed by atoms with van der Waals surface area (Å²) in [5.41, 5.74) is 4.52. The average molecular weight is 413 g/mol. The highest BCUT2D eigenvalue weighted by molar-refractivity contribution is 7.89. The number of nitrogens with zero attached hydrogens (tertiary/aromatic N) is 2. The van der Waals surface area contributed by atoms with Crippen LogP contribution >= 0.6 is 0 Å². The van der Waals surface area contributed by atoms with E-state index in [4.69, 9.17) is 0 Å². The molecule has 0 unspecified atom stereocenters. The molecule has 3 rings (SSSR count). The molecule has 2 N–H and O–H groups in total. The van der Waals surface area contributed by atoms with Crippen molar-refractivity contribution < 1.29 is 13.2 Å². The molecule has 3 aromatic rings. The minimum absolute atomic E-state index is 0.138. The van der Waals surface area contributed by atoms with E-state index in [1.54, 1.807) is 12.1 Å². The van der Waals surface area contributed by atoms with Gasteiger partial charge in [0.15, 0.2) is 0 Å². The summed E-state index contributed by atoms with van der Waals surface area (Å²) in [4.78, 5) is 12.5. The van der Waals surface area contributed by atoms with Gasteiger partial charge in [0, 0.05) is 17.8 Å². The van der Waals surface area contributed by atoms with E-state index in [0.717, 1.165) is 22.6 Å². The maximum atomic E-state index is 12.4. The van der Waals surface area contributed by atoms with Gasteiger partial charge in [0.05, 0.1) is 16.3 Å². The van der Waals surface area contributed by atoms with Crippen LogP contribution in [-0.2, 0) is 21.2 Å². The lowest BCUT2D eigenvalue weighted by molar-refractivity contribution is -0.116. The summed E-state index contributed by atoms with van der Waals surface area (Å²) in [6.07, 6.45) is 0.876. The Labute approximate surface area is 170 Å². The average Bonchev–Trinajstić information content (AvgIpc) is 3.01. The number of benzene rings is 2. The van der Waals surface area contributed by atoms with Crippen LogP contribution in [0.1, 0.15) is 23.4 Å². The zero-order chi connectivity index (χ0) is 21.0. The van der Waals surface area contributed by atoms with E-state index < -0.39 is 10.0 Å². The summed E-state index contributed by atoms with van der Waals surface area (Å²) in [7, 11) is -2.14. The molecular weight excluding hydrogens is 388 g/mol. The number of nitrogens with one attached hydrogen (secondary N) is 2. The van der Waals surface area contributed by atoms with Crippen molar-refractivity contribution in [1.82, 2.24) is 14.5 Å². The van der Waals surface area contributed by atoms with Crippen LogP contribution in [-0.4, -0.2) is 31.2 Å². The minimum Gasteiger partial charge on any atom is -0.326 e. The second-order valence-corrected chi connectivity index (χ2v) is 8.56. The third-order valence-electron chi connectivity index (χ3n) is 4.76. The number of para-hydroxylation sites is 1. The maximum absolute atomic E-state index is 12.4. The van der Waals surface area contributed by atoms with Crippen molar-refractivity contribution in [2.45, 2.75) is 31.6 Å². The van der Waals surface area contributed by atoms with Gasteiger partial charge in [-0.15, -0.1) is 0 Å². The number of carbonyl (C=O) groups is 1. The molecule has 152 valence electrons. The highest BCUT2D eigenvalue weighted by atomic mass is 32.2. The lowest BCUT2D eigenvalue weighted by Crippen LogP contribution is -2.18. The molecule has 29 heavy (non-hydrogen) atoms. The molecule has 1 heterocycles. The molecule has 7 nitrogen and oxygen atoms in total. The van der Waals surface area contributed by atoms with E-state index >= 15 is 0 Å². The Morgan fingerprint density at radius 1 is 1.03 bits per heavy atom. The number of anilines is 1. The topological polar surface area (TPSA) is 93.1 Å². The first-order chi connectivity index (χ1) is 13.8. The highest BCUT2D eigenvalue weighted by Gasteiger charge is 2.15. The quantitative estimate of drug-likeness (QED) is 0.624. The molecule has 0 aliphatic heterocycles. The van der Waals surface area contributed by atoms with Crippen LogP contribution in [0.3, 0.4) is 0 Å². The Morgan fingerprint density at radius 3 is 2.31 bits per heavy atom. The van der Waals surface area contributed by atoms with Gasteiger partial charge >= 0.3 is 0 Å². The lowest BCUT2D eigenvalue weighted by atomic mass is 10.1. The summed E-state index contributed by atoms with van der Waals surface area (Å²) in [5.74, 6) is -0.138. The van der Waals surface area contributed by atoms with Crippen LogP contribution < -0.4 is 10.0 Å². The summed E-state index contributed by atoms with van der Waals surface area (Å²) < 4.78 is 27.7. The van der Waals surface area contributed by atoms with Crippen LogP contribution in [0.25, 0.3) is 5.69 Å². The van der Waals surface area contributed by atoms with Gasteiger partial charge in [0.25, 0.3) is 0 Å². The largest absolute Gasteiger partial charge is 0.326 e. The standard InChI is InChI=1S/C21H24N4O3S/c1-15-20(16(2)25(24-15)18-7-5-4-6-8-18)13-14-21(26)23-17-9-11-19(12-10-17)29(27,28)22-3/h4-12,22H,13-14H2,1-3H3,(H,23,26). The lowest BCUT2D eigenvalue weighted by Gasteiger charge is -2.08. The molecular formula is C21H24N4O3S. The fraction of sp³-hybridized carbons (Fsp3) is 0.238. The number of rotatable bonds is 7. The SMILES string of the molecule is CNS(=O)(=O)c1ccc(NC(=O)CCc2c(C)nn(-c3ccccc3)c2C)cc1. The molecule has 0 spiro atoms. The van der Waals surface area contributed by atoms with Crippen LogP contribution in [0.15, 0.2) is 59.5 Å². The summed E-state index contributed by atoms with van der Waals surface area (Å²) in [6.45, 7) is 3.95.